The van der Waals surface area contributed by atoms with Crippen molar-refractivity contribution >= 4 is 92.0 Å². The number of rotatable bonds is 5. The molecule has 1 atom stereocenters. The zero-order valence-electron chi connectivity index (χ0n) is 17.3. The van der Waals surface area contributed by atoms with Crippen molar-refractivity contribution in [2.45, 2.75) is 23.8 Å². The van der Waals surface area contributed by atoms with Gasteiger partial charge in [-0.2, -0.15) is 0 Å². The molecule has 5 rings (SSSR count). The molecule has 2 aliphatic rings. The van der Waals surface area contributed by atoms with E-state index in [1.807, 2.05) is 18.2 Å². The molecule has 1 N–H and O–H groups in total. The van der Waals surface area contributed by atoms with Crippen molar-refractivity contribution in [3.63, 3.8) is 0 Å². The molecule has 0 bridgehead atoms. The number of sulfonamides is 1. The van der Waals surface area contributed by atoms with Gasteiger partial charge in [0.05, 0.1) is 0 Å². The Bertz CT molecular complexity index is 1300. The van der Waals surface area contributed by atoms with Gasteiger partial charge in [0.25, 0.3) is 0 Å². The van der Waals surface area contributed by atoms with Gasteiger partial charge in [-0.15, -0.1) is 0 Å². The maximum absolute atomic E-state index is 13.2. The molecule has 1 aromatic heterocycles. The number of halogens is 3. The van der Waals surface area contributed by atoms with E-state index in [0.29, 0.717) is 15.3 Å². The molecule has 3 aromatic rings. The fourth-order valence-corrected chi connectivity index (χ4v) is 12.3. The van der Waals surface area contributed by atoms with E-state index in [4.69, 9.17) is 11.6 Å². The zero-order valence-corrected chi connectivity index (χ0v) is 24.0. The number of thiazole rings is 1. The summed E-state index contributed by atoms with van der Waals surface area (Å²) in [6.07, 6.45) is 3.35. The van der Waals surface area contributed by atoms with E-state index >= 15 is 0 Å². The SMILES string of the molecule is O=C1CI(c2ccc(S(=O)(=O)Nc3nccs3)cc2)CC[C@@H]1N1CCc2cc(I)c(Cl)cc21. The summed E-state index contributed by atoms with van der Waals surface area (Å²) in [5, 5.41) is 2.80. The first kappa shape index (κ1) is 23.8. The predicted molar refractivity (Wildman–Crippen MR) is 150 cm³/mol. The summed E-state index contributed by atoms with van der Waals surface area (Å²) in [6, 6.07) is 11.1. The van der Waals surface area contributed by atoms with Crippen LogP contribution in [0.3, 0.4) is 0 Å². The van der Waals surface area contributed by atoms with Gasteiger partial charge in [-0.1, -0.05) is 0 Å². The molecule has 174 valence electrons. The fourth-order valence-electron chi connectivity index (χ4n) is 4.20. The van der Waals surface area contributed by atoms with E-state index in [0.717, 1.165) is 41.7 Å². The number of Topliss-reactive ketones (excluding diaryl/α,β-unsaturated/α-hetero) is 1. The minimum atomic E-state index is -3.67. The Hall–Kier alpha value is -0.960. The molecule has 0 spiro atoms. The van der Waals surface area contributed by atoms with Crippen molar-refractivity contribution in [2.24, 2.45) is 0 Å². The van der Waals surface area contributed by atoms with Gasteiger partial charge < -0.3 is 0 Å². The number of ketones is 1. The summed E-state index contributed by atoms with van der Waals surface area (Å²) < 4.78 is 31.5. The van der Waals surface area contributed by atoms with Gasteiger partial charge in [-0.25, -0.2) is 0 Å². The third-order valence-corrected chi connectivity index (χ3v) is 15.6. The molecule has 0 unspecified atom stereocenters. The van der Waals surface area contributed by atoms with E-state index in [1.165, 1.54) is 16.9 Å². The standard InChI is InChI=1S/C22H20ClI2N3O3S2/c23-17-12-20-14(11-18(17)24)6-9-28(20)19-5-7-25(13-21(19)29)15-1-3-16(4-2-15)33(30,31)27-22-26-8-10-32-22/h1-4,8,10-12,19H,5-7,9,13H2,(H,26,27)/t19-/m0/s1. The normalized spacial score (nSPS) is 19.6. The Kier molecular flexibility index (Phi) is 6.91. The summed E-state index contributed by atoms with van der Waals surface area (Å²) in [7, 11) is -3.67. The first-order valence-corrected chi connectivity index (χ1v) is 18.2. The number of carbonyl (C=O) groups excluding carboxylic acids is 1. The zero-order chi connectivity index (χ0) is 23.2. The first-order valence-electron chi connectivity index (χ1n) is 10.2. The van der Waals surface area contributed by atoms with Crippen molar-refractivity contribution in [3.8, 4) is 0 Å². The Morgan fingerprint density at radius 1 is 1.24 bits per heavy atom. The number of hydrogen-bond donors (Lipinski definition) is 1. The van der Waals surface area contributed by atoms with E-state index in [-0.39, 0.29) is 10.9 Å². The molecule has 3 heterocycles. The molecular formula is C22H20ClI2N3O3S2. The summed E-state index contributed by atoms with van der Waals surface area (Å²) in [4.78, 5) is 19.6. The maximum atomic E-state index is 13.2. The number of alkyl halides is 2. The van der Waals surface area contributed by atoms with E-state index in [9.17, 15) is 13.2 Å². The van der Waals surface area contributed by atoms with Gasteiger partial charge in [0, 0.05) is 0 Å². The topological polar surface area (TPSA) is 79.4 Å². The molecule has 2 aromatic carbocycles. The quantitative estimate of drug-likeness (QED) is 0.286. The minimum absolute atomic E-state index is 0.0851. The van der Waals surface area contributed by atoms with Crippen LogP contribution in [0.1, 0.15) is 12.0 Å². The van der Waals surface area contributed by atoms with Crippen LogP contribution in [0, 0.1) is 7.14 Å². The van der Waals surface area contributed by atoms with Crippen molar-refractivity contribution < 1.29 is 13.2 Å². The second kappa shape index (κ2) is 9.59. The average molecular weight is 728 g/mol. The molecule has 0 amide bonds. The third-order valence-electron chi connectivity index (χ3n) is 5.79. The Balaban J connectivity index is 1.27. The predicted octanol–water partition coefficient (Wildman–Crippen LogP) is 5.28. The van der Waals surface area contributed by atoms with Crippen molar-refractivity contribution in [1.29, 1.82) is 0 Å². The van der Waals surface area contributed by atoms with Crippen LogP contribution in [0.5, 0.6) is 0 Å². The number of carbonyl (C=O) groups is 1. The van der Waals surface area contributed by atoms with Gasteiger partial charge in [-0.05, 0) is 0 Å². The second-order valence-corrected chi connectivity index (χ2v) is 17.6. The average Bonchev–Trinajstić information content (AvgIpc) is 3.44. The van der Waals surface area contributed by atoms with Crippen LogP contribution in [0.15, 0.2) is 52.9 Å². The van der Waals surface area contributed by atoms with Gasteiger partial charge >= 0.3 is 225 Å². The van der Waals surface area contributed by atoms with Gasteiger partial charge in [0.15, 0.2) is 0 Å². The van der Waals surface area contributed by atoms with Crippen molar-refractivity contribution in [3.05, 3.63) is 65.7 Å². The van der Waals surface area contributed by atoms with Crippen LogP contribution < -0.4 is 9.62 Å². The van der Waals surface area contributed by atoms with E-state index in [2.05, 4.69) is 43.3 Å². The Morgan fingerprint density at radius 2 is 2.03 bits per heavy atom. The number of fused-ring (bicyclic) bond motifs is 1. The molecule has 0 radical (unpaired) electrons. The molecule has 0 aliphatic carbocycles. The molecule has 1 fully saturated rings. The summed E-state index contributed by atoms with van der Waals surface area (Å²) in [5.74, 6) is 0.302. The number of benzene rings is 2. The molecule has 33 heavy (non-hydrogen) atoms. The van der Waals surface area contributed by atoms with Gasteiger partial charge in [-0.3, -0.25) is 0 Å². The van der Waals surface area contributed by atoms with Crippen molar-refractivity contribution in [1.82, 2.24) is 4.98 Å². The molecule has 11 heteroatoms. The molecule has 1 saturated heterocycles. The first-order chi connectivity index (χ1) is 15.8. The molecular weight excluding hydrogens is 708 g/mol. The monoisotopic (exact) mass is 727 g/mol. The summed E-state index contributed by atoms with van der Waals surface area (Å²) in [5.41, 5.74) is 2.36. The Labute approximate surface area is 222 Å². The van der Waals surface area contributed by atoms with Crippen LogP contribution >= 0.6 is 65.3 Å². The molecule has 6 nitrogen and oxygen atoms in total. The fraction of sp³-hybridized carbons (Fsp3) is 0.273. The van der Waals surface area contributed by atoms with E-state index in [1.54, 1.807) is 23.7 Å². The van der Waals surface area contributed by atoms with Crippen LogP contribution in [0.2, 0.25) is 5.02 Å². The number of nitrogens with one attached hydrogen (secondary N) is 1. The van der Waals surface area contributed by atoms with Crippen molar-refractivity contribution in [2.75, 3.05) is 25.0 Å². The van der Waals surface area contributed by atoms with Crippen LogP contribution in [-0.2, 0) is 21.2 Å². The summed E-state index contributed by atoms with van der Waals surface area (Å²) in [6.45, 7) is 0.856. The summed E-state index contributed by atoms with van der Waals surface area (Å²) >= 11 is 8.15. The number of hydrogen-bond acceptors (Lipinski definition) is 6. The van der Waals surface area contributed by atoms with Gasteiger partial charge in [0.1, 0.15) is 0 Å². The van der Waals surface area contributed by atoms with Crippen LogP contribution in [0.4, 0.5) is 10.8 Å². The third kappa shape index (κ3) is 4.91. The number of anilines is 2. The van der Waals surface area contributed by atoms with Crippen LogP contribution in [-0.4, -0.2) is 40.6 Å². The van der Waals surface area contributed by atoms with Crippen LogP contribution in [0.25, 0.3) is 0 Å². The molecule has 2 aliphatic heterocycles. The van der Waals surface area contributed by atoms with E-state index < -0.39 is 29.8 Å². The number of nitrogens with zero attached hydrogens (tertiary/aromatic N) is 2. The van der Waals surface area contributed by atoms with Gasteiger partial charge in [0.2, 0.25) is 0 Å². The second-order valence-electron chi connectivity index (χ2n) is 7.78. The molecule has 0 saturated carbocycles. The number of aromatic nitrogens is 1. The Morgan fingerprint density at radius 3 is 2.73 bits per heavy atom.